The van der Waals surface area contributed by atoms with Crippen molar-refractivity contribution in [3.05, 3.63) is 65.7 Å². The molecule has 0 saturated carbocycles. The molecule has 1 atom stereocenters. The number of benzene rings is 2. The van der Waals surface area contributed by atoms with Crippen LogP contribution in [0.2, 0.25) is 0 Å². The van der Waals surface area contributed by atoms with Crippen LogP contribution in [0.4, 0.5) is 5.69 Å². The largest absolute Gasteiger partial charge is 0.392 e. The lowest BCUT2D eigenvalue weighted by atomic mass is 10.1. The summed E-state index contributed by atoms with van der Waals surface area (Å²) in [5.74, 6) is -0.00462. The molecule has 0 saturated heterocycles. The first-order chi connectivity index (χ1) is 10.7. The SMILES string of the molecule is CC(NCCC(=O)Nc1ccccc1)c1cccc(CO)c1. The highest BCUT2D eigenvalue weighted by Gasteiger charge is 2.07. The van der Waals surface area contributed by atoms with E-state index in [4.69, 9.17) is 5.11 Å². The van der Waals surface area contributed by atoms with Crippen molar-refractivity contribution in [1.29, 1.82) is 0 Å². The molecule has 116 valence electrons. The van der Waals surface area contributed by atoms with Crippen LogP contribution >= 0.6 is 0 Å². The quantitative estimate of drug-likeness (QED) is 0.736. The van der Waals surface area contributed by atoms with E-state index in [0.717, 1.165) is 16.8 Å². The molecule has 0 aromatic heterocycles. The summed E-state index contributed by atoms with van der Waals surface area (Å²) in [5, 5.41) is 15.3. The van der Waals surface area contributed by atoms with E-state index in [-0.39, 0.29) is 18.6 Å². The lowest BCUT2D eigenvalue weighted by Crippen LogP contribution is -2.24. The third kappa shape index (κ3) is 4.98. The minimum absolute atomic E-state index is 0.00462. The average molecular weight is 298 g/mol. The molecule has 2 aromatic rings. The molecule has 3 N–H and O–H groups in total. The van der Waals surface area contributed by atoms with Gasteiger partial charge in [-0.05, 0) is 30.2 Å². The van der Waals surface area contributed by atoms with Gasteiger partial charge in [-0.25, -0.2) is 0 Å². The van der Waals surface area contributed by atoms with Gasteiger partial charge in [0.25, 0.3) is 0 Å². The van der Waals surface area contributed by atoms with Gasteiger partial charge in [-0.1, -0.05) is 42.5 Å². The second-order valence-corrected chi connectivity index (χ2v) is 5.24. The molecule has 2 rings (SSSR count). The normalized spacial score (nSPS) is 11.9. The highest BCUT2D eigenvalue weighted by molar-refractivity contribution is 5.90. The lowest BCUT2D eigenvalue weighted by molar-refractivity contribution is -0.116. The first-order valence-corrected chi connectivity index (χ1v) is 7.47. The molecule has 22 heavy (non-hydrogen) atoms. The van der Waals surface area contributed by atoms with Crippen molar-refractivity contribution in [2.24, 2.45) is 0 Å². The Kier molecular flexibility index (Phi) is 6.13. The fourth-order valence-corrected chi connectivity index (χ4v) is 2.23. The van der Waals surface area contributed by atoms with Crippen LogP contribution in [0.1, 0.15) is 30.5 Å². The first kappa shape index (κ1) is 16.2. The van der Waals surface area contributed by atoms with E-state index >= 15 is 0 Å². The second kappa shape index (κ2) is 8.32. The van der Waals surface area contributed by atoms with E-state index in [2.05, 4.69) is 10.6 Å². The molecule has 0 fully saturated rings. The maximum atomic E-state index is 11.8. The summed E-state index contributed by atoms with van der Waals surface area (Å²) in [6.45, 7) is 2.69. The minimum Gasteiger partial charge on any atom is -0.392 e. The summed E-state index contributed by atoms with van der Waals surface area (Å²) >= 11 is 0. The predicted molar refractivity (Wildman–Crippen MR) is 88.5 cm³/mol. The Morgan fingerprint density at radius 2 is 1.91 bits per heavy atom. The van der Waals surface area contributed by atoms with Crippen molar-refractivity contribution in [3.63, 3.8) is 0 Å². The van der Waals surface area contributed by atoms with E-state index in [9.17, 15) is 4.79 Å². The van der Waals surface area contributed by atoms with Crippen molar-refractivity contribution in [3.8, 4) is 0 Å². The fraction of sp³-hybridized carbons (Fsp3) is 0.278. The van der Waals surface area contributed by atoms with Crippen LogP contribution in [-0.4, -0.2) is 17.6 Å². The first-order valence-electron chi connectivity index (χ1n) is 7.47. The molecule has 0 aliphatic carbocycles. The van der Waals surface area contributed by atoms with Crippen molar-refractivity contribution >= 4 is 11.6 Å². The Hall–Kier alpha value is -2.17. The van der Waals surface area contributed by atoms with Crippen molar-refractivity contribution in [2.75, 3.05) is 11.9 Å². The molecule has 1 amide bonds. The molecular weight excluding hydrogens is 276 g/mol. The third-order valence-electron chi connectivity index (χ3n) is 3.49. The highest BCUT2D eigenvalue weighted by atomic mass is 16.3. The van der Waals surface area contributed by atoms with Crippen LogP contribution in [-0.2, 0) is 11.4 Å². The molecule has 4 nitrogen and oxygen atoms in total. The number of aliphatic hydroxyl groups excluding tert-OH is 1. The molecule has 2 aromatic carbocycles. The molecule has 0 bridgehead atoms. The van der Waals surface area contributed by atoms with Crippen molar-refractivity contribution in [2.45, 2.75) is 26.0 Å². The molecule has 0 spiro atoms. The maximum absolute atomic E-state index is 11.8. The van der Waals surface area contributed by atoms with Gasteiger partial charge in [-0.3, -0.25) is 4.79 Å². The van der Waals surface area contributed by atoms with E-state index in [1.165, 1.54) is 0 Å². The van der Waals surface area contributed by atoms with Gasteiger partial charge in [-0.15, -0.1) is 0 Å². The highest BCUT2D eigenvalue weighted by Crippen LogP contribution is 2.14. The summed E-state index contributed by atoms with van der Waals surface area (Å²) in [5.41, 5.74) is 2.82. The van der Waals surface area contributed by atoms with Crippen LogP contribution in [0.25, 0.3) is 0 Å². The molecule has 0 aliphatic rings. The zero-order valence-electron chi connectivity index (χ0n) is 12.8. The van der Waals surface area contributed by atoms with Crippen molar-refractivity contribution in [1.82, 2.24) is 5.32 Å². The average Bonchev–Trinajstić information content (AvgIpc) is 2.55. The van der Waals surface area contributed by atoms with Gasteiger partial charge in [-0.2, -0.15) is 0 Å². The van der Waals surface area contributed by atoms with Gasteiger partial charge in [0.2, 0.25) is 5.91 Å². The number of aliphatic hydroxyl groups is 1. The molecule has 4 heteroatoms. The number of carbonyl (C=O) groups excluding carboxylic acids is 1. The smallest absolute Gasteiger partial charge is 0.225 e. The number of nitrogens with one attached hydrogen (secondary N) is 2. The number of amides is 1. The van der Waals surface area contributed by atoms with E-state index in [0.29, 0.717) is 13.0 Å². The van der Waals surface area contributed by atoms with Gasteiger partial charge in [0.15, 0.2) is 0 Å². The number of hydrogen-bond acceptors (Lipinski definition) is 3. The Labute approximate surface area is 131 Å². The fourth-order valence-electron chi connectivity index (χ4n) is 2.23. The minimum atomic E-state index is -0.00462. The summed E-state index contributed by atoms with van der Waals surface area (Å²) in [6.07, 6.45) is 0.416. The zero-order valence-corrected chi connectivity index (χ0v) is 12.8. The second-order valence-electron chi connectivity index (χ2n) is 5.24. The lowest BCUT2D eigenvalue weighted by Gasteiger charge is -2.15. The Morgan fingerprint density at radius 1 is 1.14 bits per heavy atom. The number of hydrogen-bond donors (Lipinski definition) is 3. The summed E-state index contributed by atoms with van der Waals surface area (Å²) < 4.78 is 0. The molecular formula is C18H22N2O2. The third-order valence-corrected chi connectivity index (χ3v) is 3.49. The Morgan fingerprint density at radius 3 is 2.64 bits per heavy atom. The Bertz CT molecular complexity index is 599. The van der Waals surface area contributed by atoms with Gasteiger partial charge in [0.05, 0.1) is 6.61 Å². The van der Waals surface area contributed by atoms with E-state index in [1.807, 2.05) is 61.5 Å². The topological polar surface area (TPSA) is 61.4 Å². The summed E-state index contributed by atoms with van der Waals surface area (Å²) in [4.78, 5) is 11.8. The monoisotopic (exact) mass is 298 g/mol. The van der Waals surface area contributed by atoms with Gasteiger partial charge < -0.3 is 15.7 Å². The molecule has 1 unspecified atom stereocenters. The van der Waals surface area contributed by atoms with E-state index in [1.54, 1.807) is 0 Å². The maximum Gasteiger partial charge on any atom is 0.225 e. The van der Waals surface area contributed by atoms with Gasteiger partial charge >= 0.3 is 0 Å². The summed E-state index contributed by atoms with van der Waals surface area (Å²) in [7, 11) is 0. The number of rotatable bonds is 7. The molecule has 0 heterocycles. The Balaban J connectivity index is 1.76. The van der Waals surface area contributed by atoms with Crippen LogP contribution in [0, 0.1) is 0 Å². The predicted octanol–water partition coefficient (Wildman–Crippen LogP) is 2.86. The van der Waals surface area contributed by atoms with Crippen LogP contribution in [0.3, 0.4) is 0 Å². The van der Waals surface area contributed by atoms with Gasteiger partial charge in [0, 0.05) is 24.7 Å². The molecule has 0 aliphatic heterocycles. The van der Waals surface area contributed by atoms with Gasteiger partial charge in [0.1, 0.15) is 0 Å². The number of carbonyl (C=O) groups is 1. The standard InChI is InChI=1S/C18H22N2O2/c1-14(16-7-5-6-15(12-16)13-21)19-11-10-18(22)20-17-8-3-2-4-9-17/h2-9,12,14,19,21H,10-11,13H2,1H3,(H,20,22). The number of anilines is 1. The van der Waals surface area contributed by atoms with Crippen LogP contribution in [0.15, 0.2) is 54.6 Å². The zero-order chi connectivity index (χ0) is 15.8. The van der Waals surface area contributed by atoms with Crippen LogP contribution < -0.4 is 10.6 Å². The van der Waals surface area contributed by atoms with E-state index < -0.39 is 0 Å². The molecule has 0 radical (unpaired) electrons. The summed E-state index contributed by atoms with van der Waals surface area (Å²) in [6, 6.07) is 17.4. The van der Waals surface area contributed by atoms with Crippen LogP contribution in [0.5, 0.6) is 0 Å². The van der Waals surface area contributed by atoms with Crippen molar-refractivity contribution < 1.29 is 9.90 Å². The number of para-hydroxylation sites is 1.